The van der Waals surface area contributed by atoms with Crippen LogP contribution in [0, 0.1) is 11.8 Å². The van der Waals surface area contributed by atoms with Crippen molar-refractivity contribution >= 4 is 14.3 Å². The van der Waals surface area contributed by atoms with Crippen LogP contribution in [-0.4, -0.2) is 46.5 Å². The number of hydrogen-bond acceptors (Lipinski definition) is 5. The van der Waals surface area contributed by atoms with Crippen LogP contribution in [0.5, 0.6) is 0 Å². The van der Waals surface area contributed by atoms with Crippen LogP contribution in [0.3, 0.4) is 0 Å². The predicted octanol–water partition coefficient (Wildman–Crippen LogP) is 3.78. The summed E-state index contributed by atoms with van der Waals surface area (Å²) >= 11 is 0. The van der Waals surface area contributed by atoms with E-state index in [0.717, 1.165) is 5.56 Å². The minimum Gasteiger partial charge on any atom is -0.456 e. The first-order chi connectivity index (χ1) is 12.6. The lowest BCUT2D eigenvalue weighted by Gasteiger charge is -2.37. The van der Waals surface area contributed by atoms with Gasteiger partial charge in [0.25, 0.3) is 0 Å². The summed E-state index contributed by atoms with van der Waals surface area (Å²) in [5.74, 6) is -0.436. The van der Waals surface area contributed by atoms with E-state index in [1.807, 2.05) is 30.3 Å². The van der Waals surface area contributed by atoms with Crippen molar-refractivity contribution < 1.29 is 23.4 Å². The number of fused-ring (bicyclic) bond motifs is 1. The van der Waals surface area contributed by atoms with E-state index >= 15 is 0 Å². The van der Waals surface area contributed by atoms with Gasteiger partial charge < -0.3 is 18.6 Å². The molecule has 0 spiro atoms. The van der Waals surface area contributed by atoms with Crippen LogP contribution in [-0.2, 0) is 29.9 Å². The van der Waals surface area contributed by atoms with Gasteiger partial charge in [0.2, 0.25) is 0 Å². The lowest BCUT2D eigenvalue weighted by Crippen LogP contribution is -2.44. The van der Waals surface area contributed by atoms with Gasteiger partial charge in [-0.25, -0.2) is 0 Å². The van der Waals surface area contributed by atoms with Gasteiger partial charge in [0.15, 0.2) is 20.7 Å². The molecule has 0 aliphatic carbocycles. The van der Waals surface area contributed by atoms with Gasteiger partial charge in [-0.15, -0.1) is 0 Å². The molecular weight excluding hydrogens is 360 g/mol. The molecule has 0 saturated carbocycles. The Morgan fingerprint density at radius 3 is 2.41 bits per heavy atom. The average Bonchev–Trinajstić information content (AvgIpc) is 3.10. The number of carbonyl (C=O) groups is 1. The molecule has 2 aliphatic heterocycles. The Morgan fingerprint density at radius 2 is 1.81 bits per heavy atom. The number of hydrogen-bond donors (Lipinski definition) is 0. The van der Waals surface area contributed by atoms with Crippen LogP contribution < -0.4 is 0 Å². The molecule has 0 bridgehead atoms. The highest BCUT2D eigenvalue weighted by Crippen LogP contribution is 2.44. The van der Waals surface area contributed by atoms with E-state index in [4.69, 9.17) is 18.6 Å². The van der Waals surface area contributed by atoms with Gasteiger partial charge >= 0.3 is 5.97 Å². The molecule has 0 radical (unpaired) electrons. The topological polar surface area (TPSA) is 54.0 Å². The van der Waals surface area contributed by atoms with Crippen molar-refractivity contribution in [3.8, 4) is 0 Å². The number of benzene rings is 1. The molecule has 0 amide bonds. The van der Waals surface area contributed by atoms with Crippen molar-refractivity contribution in [2.45, 2.75) is 63.8 Å². The molecular formula is C21H32O5Si. The number of esters is 1. The number of carbonyl (C=O) groups excluding carboxylic acids is 1. The Balaban J connectivity index is 1.77. The molecule has 27 heavy (non-hydrogen) atoms. The molecule has 5 atom stereocenters. The van der Waals surface area contributed by atoms with Crippen molar-refractivity contribution in [2.24, 2.45) is 11.8 Å². The normalized spacial score (nSPS) is 31.0. The molecule has 2 fully saturated rings. The first-order valence-electron chi connectivity index (χ1n) is 9.70. The summed E-state index contributed by atoms with van der Waals surface area (Å²) in [6.07, 6.45) is -0.428. The van der Waals surface area contributed by atoms with Crippen molar-refractivity contribution in [2.75, 3.05) is 13.7 Å². The maximum absolute atomic E-state index is 12.6. The smallest absolute Gasteiger partial charge is 0.310 e. The third-order valence-electron chi connectivity index (χ3n) is 6.35. The standard InChI is InChI=1S/C21H32O5Si/c1-21(2,3)27(5,6)24-13-16-17-15(12-14-10-8-7-9-11-14)19(22)26-18(17)20(23-4)25-16/h7-11,15-18,20H,12-13H2,1-6H3/t15-,16-,17-,18-,20-/m1/s1. The van der Waals surface area contributed by atoms with E-state index in [-0.39, 0.29) is 35.1 Å². The summed E-state index contributed by atoms with van der Waals surface area (Å²) in [4.78, 5) is 12.6. The minimum atomic E-state index is -1.91. The van der Waals surface area contributed by atoms with Crippen molar-refractivity contribution in [3.05, 3.63) is 35.9 Å². The van der Waals surface area contributed by atoms with Crippen molar-refractivity contribution in [3.63, 3.8) is 0 Å². The molecule has 0 aromatic heterocycles. The largest absolute Gasteiger partial charge is 0.456 e. The second kappa shape index (κ2) is 7.66. The van der Waals surface area contributed by atoms with Gasteiger partial charge in [-0.05, 0) is 30.1 Å². The zero-order valence-electron chi connectivity index (χ0n) is 17.2. The molecule has 6 heteroatoms. The lowest BCUT2D eigenvalue weighted by molar-refractivity contribution is -0.177. The van der Waals surface area contributed by atoms with E-state index < -0.39 is 14.6 Å². The Morgan fingerprint density at radius 1 is 1.15 bits per heavy atom. The first-order valence-corrected chi connectivity index (χ1v) is 12.6. The van der Waals surface area contributed by atoms with E-state index in [1.165, 1.54) is 0 Å². The molecule has 0 unspecified atom stereocenters. The molecule has 1 aromatic rings. The van der Waals surface area contributed by atoms with Crippen molar-refractivity contribution in [1.29, 1.82) is 0 Å². The predicted molar refractivity (Wildman–Crippen MR) is 106 cm³/mol. The van der Waals surface area contributed by atoms with Crippen LogP contribution in [0.15, 0.2) is 30.3 Å². The monoisotopic (exact) mass is 392 g/mol. The van der Waals surface area contributed by atoms with Gasteiger partial charge in [0.05, 0.1) is 18.6 Å². The van der Waals surface area contributed by atoms with Gasteiger partial charge in [-0.3, -0.25) is 4.79 Å². The van der Waals surface area contributed by atoms with Gasteiger partial charge in [0.1, 0.15) is 0 Å². The third kappa shape index (κ3) is 4.14. The summed E-state index contributed by atoms with van der Waals surface area (Å²) < 4.78 is 23.6. The zero-order valence-corrected chi connectivity index (χ0v) is 18.2. The molecule has 2 heterocycles. The highest BCUT2D eigenvalue weighted by atomic mass is 28.4. The summed E-state index contributed by atoms with van der Waals surface area (Å²) in [5.41, 5.74) is 1.13. The van der Waals surface area contributed by atoms with E-state index in [1.54, 1.807) is 7.11 Å². The Bertz CT molecular complexity index is 654. The van der Waals surface area contributed by atoms with Crippen LogP contribution in [0.1, 0.15) is 26.3 Å². The maximum atomic E-state index is 12.6. The summed E-state index contributed by atoms with van der Waals surface area (Å²) in [6.45, 7) is 11.6. The maximum Gasteiger partial charge on any atom is 0.310 e. The second-order valence-electron chi connectivity index (χ2n) is 9.13. The van der Waals surface area contributed by atoms with E-state index in [0.29, 0.717) is 13.0 Å². The summed E-state index contributed by atoms with van der Waals surface area (Å²) in [5, 5.41) is 0.122. The molecule has 5 nitrogen and oxygen atoms in total. The van der Waals surface area contributed by atoms with E-state index in [2.05, 4.69) is 33.9 Å². The Kier molecular flexibility index (Phi) is 5.82. The number of rotatable bonds is 6. The number of ether oxygens (including phenoxy) is 3. The van der Waals surface area contributed by atoms with Crippen LogP contribution in [0.2, 0.25) is 18.1 Å². The van der Waals surface area contributed by atoms with Gasteiger partial charge in [-0.1, -0.05) is 51.1 Å². The zero-order chi connectivity index (χ0) is 19.8. The Hall–Kier alpha value is -1.21. The van der Waals surface area contributed by atoms with Gasteiger partial charge in [0, 0.05) is 13.0 Å². The van der Waals surface area contributed by atoms with Crippen molar-refractivity contribution in [1.82, 2.24) is 0 Å². The van der Waals surface area contributed by atoms with Crippen LogP contribution in [0.25, 0.3) is 0 Å². The summed E-state index contributed by atoms with van der Waals surface area (Å²) in [7, 11) is -0.314. The second-order valence-corrected chi connectivity index (χ2v) is 13.9. The number of methoxy groups -OCH3 is 1. The fourth-order valence-corrected chi connectivity index (χ4v) is 4.68. The fourth-order valence-electron chi connectivity index (χ4n) is 3.67. The average molecular weight is 393 g/mol. The quantitative estimate of drug-likeness (QED) is 0.545. The third-order valence-corrected chi connectivity index (χ3v) is 10.9. The summed E-state index contributed by atoms with van der Waals surface area (Å²) in [6, 6.07) is 10.1. The minimum absolute atomic E-state index is 0.0487. The molecule has 2 aliphatic rings. The molecule has 0 N–H and O–H groups in total. The molecule has 150 valence electrons. The SMILES string of the molecule is CO[C@@H]1O[C@H](CO[Si](C)(C)C(C)(C)C)[C@@H]2[C@H]1OC(=O)[C@@H]2Cc1ccccc1. The highest BCUT2D eigenvalue weighted by Gasteiger charge is 2.58. The van der Waals surface area contributed by atoms with Gasteiger partial charge in [-0.2, -0.15) is 0 Å². The first kappa shape index (κ1) is 20.5. The Labute approximate surface area is 163 Å². The molecule has 2 saturated heterocycles. The lowest BCUT2D eigenvalue weighted by atomic mass is 9.83. The van der Waals surface area contributed by atoms with E-state index in [9.17, 15) is 4.79 Å². The molecule has 3 rings (SSSR count). The van der Waals surface area contributed by atoms with Crippen LogP contribution in [0.4, 0.5) is 0 Å². The molecule has 1 aromatic carbocycles. The fraction of sp³-hybridized carbons (Fsp3) is 0.667. The highest BCUT2D eigenvalue weighted by molar-refractivity contribution is 6.74. The van der Waals surface area contributed by atoms with Crippen LogP contribution >= 0.6 is 0 Å².